The Kier molecular flexibility index (Phi) is 16.0. The zero-order valence-electron chi connectivity index (χ0n) is 20.5. The van der Waals surface area contributed by atoms with Gasteiger partial charge in [0.25, 0.3) is 0 Å². The number of nitrogens with two attached hydrogens (primary N) is 4. The van der Waals surface area contributed by atoms with Crippen molar-refractivity contribution < 1.29 is 29.4 Å². The zero-order valence-corrected chi connectivity index (χ0v) is 20.5. The molecule has 0 spiro atoms. The average molecular weight is 503 g/mol. The summed E-state index contributed by atoms with van der Waals surface area (Å²) in [6.07, 6.45) is 2.58. The van der Waals surface area contributed by atoms with Crippen molar-refractivity contribution in [1.29, 1.82) is 0 Å². The fourth-order valence-corrected chi connectivity index (χ4v) is 3.09. The van der Waals surface area contributed by atoms with Gasteiger partial charge >= 0.3 is 5.97 Å². The third kappa shape index (κ3) is 12.9. The number of nitrogens with one attached hydrogen (secondary N) is 3. The summed E-state index contributed by atoms with van der Waals surface area (Å²) in [6.45, 7) is 3.49. The normalized spacial score (nSPS) is 15.1. The van der Waals surface area contributed by atoms with Crippen LogP contribution in [0.3, 0.4) is 0 Å². The van der Waals surface area contributed by atoms with Crippen LogP contribution in [0.15, 0.2) is 4.99 Å². The molecule has 0 saturated heterocycles. The number of rotatable bonds is 18. The van der Waals surface area contributed by atoms with E-state index in [2.05, 4.69) is 20.9 Å². The summed E-state index contributed by atoms with van der Waals surface area (Å²) in [5, 5.41) is 25.7. The van der Waals surface area contributed by atoms with E-state index in [9.17, 15) is 24.3 Å². The van der Waals surface area contributed by atoms with Gasteiger partial charge in [0.05, 0.1) is 12.6 Å². The first-order valence-electron chi connectivity index (χ1n) is 11.7. The second-order valence-corrected chi connectivity index (χ2v) is 8.35. The maximum absolute atomic E-state index is 13.1. The van der Waals surface area contributed by atoms with E-state index in [1.807, 2.05) is 6.92 Å². The van der Waals surface area contributed by atoms with Gasteiger partial charge in [0.1, 0.15) is 18.1 Å². The quantitative estimate of drug-likeness (QED) is 0.0523. The minimum atomic E-state index is -1.52. The Balaban J connectivity index is 5.37. The van der Waals surface area contributed by atoms with E-state index < -0.39 is 54.5 Å². The van der Waals surface area contributed by atoms with Gasteiger partial charge in [-0.3, -0.25) is 19.4 Å². The van der Waals surface area contributed by atoms with E-state index in [1.54, 1.807) is 6.92 Å². The van der Waals surface area contributed by atoms with Gasteiger partial charge in [-0.1, -0.05) is 20.3 Å². The minimum absolute atomic E-state index is 0.0600. The number of carboxylic acid groups (broad SMARTS) is 1. The highest BCUT2D eigenvalue weighted by Crippen LogP contribution is 2.11. The molecule has 0 aromatic carbocycles. The van der Waals surface area contributed by atoms with Crippen LogP contribution in [0.4, 0.5) is 0 Å². The van der Waals surface area contributed by atoms with E-state index in [-0.39, 0.29) is 18.3 Å². The molecule has 0 saturated carbocycles. The van der Waals surface area contributed by atoms with Gasteiger partial charge in [-0.2, -0.15) is 0 Å². The number of guanidine groups is 1. The molecule has 5 atom stereocenters. The van der Waals surface area contributed by atoms with Crippen molar-refractivity contribution in [2.24, 2.45) is 33.8 Å². The Hall–Kier alpha value is -2.97. The number of carbonyl (C=O) groups is 4. The first-order valence-corrected chi connectivity index (χ1v) is 11.7. The molecule has 0 aliphatic carbocycles. The standard InChI is InChI=1S/C21H42N8O6/c1-3-12(2)16(29-17(31)13(23)7-6-10-26-21(24)25)19(33)27-14(8-4-5-9-22)18(32)28-15(11-30)20(34)35/h12-16,30H,3-11,22-23H2,1-2H3,(H,27,33)(H,28,32)(H,29,31)(H,34,35)(H4,24,25,26). The number of hydrogen-bond acceptors (Lipinski definition) is 8. The van der Waals surface area contributed by atoms with Crippen LogP contribution in [0.5, 0.6) is 0 Å². The molecule has 0 fully saturated rings. The van der Waals surface area contributed by atoms with Crippen LogP contribution < -0.4 is 38.9 Å². The molecule has 14 nitrogen and oxygen atoms in total. The molecular formula is C21H42N8O6. The summed E-state index contributed by atoms with van der Waals surface area (Å²) in [5.41, 5.74) is 22.0. The molecule has 14 heteroatoms. The van der Waals surface area contributed by atoms with E-state index >= 15 is 0 Å². The second-order valence-electron chi connectivity index (χ2n) is 8.35. The lowest BCUT2D eigenvalue weighted by atomic mass is 9.96. The van der Waals surface area contributed by atoms with Crippen molar-refractivity contribution in [3.63, 3.8) is 0 Å². The van der Waals surface area contributed by atoms with E-state index in [0.29, 0.717) is 45.2 Å². The highest BCUT2D eigenvalue weighted by molar-refractivity contribution is 5.94. The number of aliphatic imine (C=N–C) groups is 1. The lowest BCUT2D eigenvalue weighted by Crippen LogP contribution is -2.58. The smallest absolute Gasteiger partial charge is 0.328 e. The highest BCUT2D eigenvalue weighted by atomic mass is 16.4. The fraction of sp³-hybridized carbons (Fsp3) is 0.762. The molecular weight excluding hydrogens is 460 g/mol. The molecule has 13 N–H and O–H groups in total. The van der Waals surface area contributed by atoms with Crippen LogP contribution in [0.25, 0.3) is 0 Å². The van der Waals surface area contributed by atoms with Crippen LogP contribution in [0.1, 0.15) is 52.4 Å². The van der Waals surface area contributed by atoms with Gasteiger partial charge in [0, 0.05) is 6.54 Å². The van der Waals surface area contributed by atoms with E-state index in [0.717, 1.165) is 0 Å². The van der Waals surface area contributed by atoms with Crippen LogP contribution in [-0.4, -0.2) is 83.7 Å². The topological polar surface area (TPSA) is 261 Å². The predicted molar refractivity (Wildman–Crippen MR) is 131 cm³/mol. The maximum atomic E-state index is 13.1. The second kappa shape index (κ2) is 17.5. The molecule has 0 aromatic heterocycles. The summed E-state index contributed by atoms with van der Waals surface area (Å²) in [6, 6.07) is -4.47. The third-order valence-corrected chi connectivity index (χ3v) is 5.47. The summed E-state index contributed by atoms with van der Waals surface area (Å²) in [5.74, 6) is -3.66. The Morgan fingerprint density at radius 2 is 1.54 bits per heavy atom. The average Bonchev–Trinajstić information content (AvgIpc) is 2.81. The molecule has 3 amide bonds. The number of carboxylic acids is 1. The Morgan fingerprint density at radius 3 is 2.06 bits per heavy atom. The SMILES string of the molecule is CCC(C)C(NC(=O)C(N)CCCN=C(N)N)C(=O)NC(CCCCN)C(=O)NC(CO)C(=O)O. The number of unbranched alkanes of at least 4 members (excludes halogenated alkanes) is 1. The molecule has 0 aromatic rings. The number of aliphatic hydroxyl groups is 1. The molecule has 0 aliphatic heterocycles. The molecule has 0 rings (SSSR count). The number of hydrogen-bond donors (Lipinski definition) is 9. The monoisotopic (exact) mass is 502 g/mol. The molecule has 0 radical (unpaired) electrons. The first-order chi connectivity index (χ1) is 16.5. The van der Waals surface area contributed by atoms with Crippen molar-refractivity contribution in [2.75, 3.05) is 19.7 Å². The van der Waals surface area contributed by atoms with Crippen molar-refractivity contribution in [3.05, 3.63) is 0 Å². The van der Waals surface area contributed by atoms with Crippen LogP contribution in [0.2, 0.25) is 0 Å². The van der Waals surface area contributed by atoms with Crippen molar-refractivity contribution in [2.45, 2.75) is 76.5 Å². The van der Waals surface area contributed by atoms with Gasteiger partial charge in [-0.25, -0.2) is 4.79 Å². The van der Waals surface area contributed by atoms with Crippen molar-refractivity contribution in [3.8, 4) is 0 Å². The number of carbonyl (C=O) groups excluding carboxylic acids is 3. The minimum Gasteiger partial charge on any atom is -0.480 e. The van der Waals surface area contributed by atoms with Gasteiger partial charge in [-0.15, -0.1) is 0 Å². The summed E-state index contributed by atoms with van der Waals surface area (Å²) < 4.78 is 0. The largest absolute Gasteiger partial charge is 0.480 e. The zero-order chi connectivity index (χ0) is 27.0. The lowest BCUT2D eigenvalue weighted by molar-refractivity contribution is -0.143. The molecule has 202 valence electrons. The third-order valence-electron chi connectivity index (χ3n) is 5.47. The highest BCUT2D eigenvalue weighted by Gasteiger charge is 2.32. The van der Waals surface area contributed by atoms with Crippen molar-refractivity contribution in [1.82, 2.24) is 16.0 Å². The molecule has 0 aliphatic rings. The number of nitrogens with zero attached hydrogens (tertiary/aromatic N) is 1. The van der Waals surface area contributed by atoms with Crippen LogP contribution in [-0.2, 0) is 19.2 Å². The number of aliphatic hydroxyl groups excluding tert-OH is 1. The lowest BCUT2D eigenvalue weighted by Gasteiger charge is -2.28. The Bertz CT molecular complexity index is 716. The number of aliphatic carboxylic acids is 1. The number of amides is 3. The van der Waals surface area contributed by atoms with Crippen molar-refractivity contribution >= 4 is 29.7 Å². The maximum Gasteiger partial charge on any atom is 0.328 e. The fourth-order valence-electron chi connectivity index (χ4n) is 3.09. The Labute approximate surface area is 205 Å². The van der Waals surface area contributed by atoms with E-state index in [4.69, 9.17) is 28.0 Å². The predicted octanol–water partition coefficient (Wildman–Crippen LogP) is -2.93. The molecule has 0 bridgehead atoms. The van der Waals surface area contributed by atoms with Crippen LogP contribution in [0, 0.1) is 5.92 Å². The van der Waals surface area contributed by atoms with Gasteiger partial charge < -0.3 is 49.1 Å². The van der Waals surface area contributed by atoms with E-state index in [1.165, 1.54) is 0 Å². The van der Waals surface area contributed by atoms with Gasteiger partial charge in [-0.05, 0) is 44.6 Å². The summed E-state index contributed by atoms with van der Waals surface area (Å²) >= 11 is 0. The van der Waals surface area contributed by atoms with Gasteiger partial charge in [0.2, 0.25) is 17.7 Å². The Morgan fingerprint density at radius 1 is 0.914 bits per heavy atom. The summed E-state index contributed by atoms with van der Waals surface area (Å²) in [7, 11) is 0. The van der Waals surface area contributed by atoms with Crippen LogP contribution >= 0.6 is 0 Å². The molecule has 0 heterocycles. The molecule has 35 heavy (non-hydrogen) atoms. The first kappa shape index (κ1) is 32.0. The van der Waals surface area contributed by atoms with Gasteiger partial charge in [0.15, 0.2) is 5.96 Å². The summed E-state index contributed by atoms with van der Waals surface area (Å²) in [4.78, 5) is 53.4. The molecule has 5 unspecified atom stereocenters.